The van der Waals surface area contributed by atoms with E-state index in [1.54, 1.807) is 18.3 Å². The van der Waals surface area contributed by atoms with Crippen LogP contribution in [-0.2, 0) is 0 Å². The van der Waals surface area contributed by atoms with Crippen LogP contribution < -0.4 is 10.9 Å². The Morgan fingerprint density at radius 1 is 1.28 bits per heavy atom. The van der Waals surface area contributed by atoms with E-state index in [0.29, 0.717) is 34.8 Å². The SMILES string of the molecule is CC1(O)CN(C2CCC(n3nc(Nc4ccc(Cl)cc4)c4c(=O)[nH]ccc43)C(C#N)C2)C1. The molecule has 1 aliphatic heterocycles. The Morgan fingerprint density at radius 3 is 2.72 bits per heavy atom. The topological polar surface area (TPSA) is 110 Å². The first kappa shape index (κ1) is 21.0. The van der Waals surface area contributed by atoms with Crippen LogP contribution in [0, 0.1) is 17.2 Å². The van der Waals surface area contributed by atoms with Crippen molar-refractivity contribution in [2.75, 3.05) is 18.4 Å². The van der Waals surface area contributed by atoms with Gasteiger partial charge < -0.3 is 15.4 Å². The van der Waals surface area contributed by atoms with Crippen molar-refractivity contribution in [3.05, 3.63) is 51.9 Å². The predicted molar refractivity (Wildman–Crippen MR) is 123 cm³/mol. The van der Waals surface area contributed by atoms with Gasteiger partial charge in [0.15, 0.2) is 5.82 Å². The van der Waals surface area contributed by atoms with Crippen molar-refractivity contribution < 1.29 is 5.11 Å². The smallest absolute Gasteiger partial charge is 0.261 e. The number of nitrogens with one attached hydrogen (secondary N) is 2. The molecule has 166 valence electrons. The van der Waals surface area contributed by atoms with E-state index in [9.17, 15) is 15.2 Å². The Kier molecular flexibility index (Phi) is 5.20. The van der Waals surface area contributed by atoms with Crippen LogP contribution in [0.15, 0.2) is 41.3 Å². The molecule has 1 saturated heterocycles. The number of rotatable bonds is 4. The number of nitriles is 1. The van der Waals surface area contributed by atoms with Gasteiger partial charge in [-0.05, 0) is 56.5 Å². The minimum absolute atomic E-state index is 0.122. The molecule has 0 spiro atoms. The van der Waals surface area contributed by atoms with Gasteiger partial charge in [-0.3, -0.25) is 14.4 Å². The van der Waals surface area contributed by atoms with Crippen LogP contribution in [0.2, 0.25) is 5.02 Å². The van der Waals surface area contributed by atoms with Crippen LogP contribution >= 0.6 is 11.6 Å². The van der Waals surface area contributed by atoms with E-state index in [0.717, 1.165) is 24.9 Å². The molecule has 1 saturated carbocycles. The van der Waals surface area contributed by atoms with Crippen molar-refractivity contribution >= 4 is 34.0 Å². The molecule has 1 aromatic carbocycles. The van der Waals surface area contributed by atoms with Gasteiger partial charge in [-0.25, -0.2) is 0 Å². The van der Waals surface area contributed by atoms with Crippen molar-refractivity contribution in [3.8, 4) is 6.07 Å². The predicted octanol–water partition coefficient (Wildman–Crippen LogP) is 3.42. The first-order valence-corrected chi connectivity index (χ1v) is 11.2. The zero-order valence-electron chi connectivity index (χ0n) is 17.8. The average Bonchev–Trinajstić information content (AvgIpc) is 3.12. The van der Waals surface area contributed by atoms with Gasteiger partial charge in [0.05, 0.1) is 29.1 Å². The van der Waals surface area contributed by atoms with Gasteiger partial charge in [0.25, 0.3) is 5.56 Å². The van der Waals surface area contributed by atoms with E-state index in [2.05, 4.69) is 21.3 Å². The molecule has 3 atom stereocenters. The van der Waals surface area contributed by atoms with Gasteiger partial charge in [-0.1, -0.05) is 11.6 Å². The summed E-state index contributed by atoms with van der Waals surface area (Å²) in [6, 6.07) is 11.7. The number of pyridine rings is 1. The molecule has 5 rings (SSSR count). The number of likely N-dealkylation sites (tertiary alicyclic amines) is 1. The molecule has 32 heavy (non-hydrogen) atoms. The molecule has 0 radical (unpaired) electrons. The number of aliphatic hydroxyl groups is 1. The molecule has 9 heteroatoms. The van der Waals surface area contributed by atoms with E-state index in [-0.39, 0.29) is 23.6 Å². The molecule has 3 heterocycles. The zero-order valence-corrected chi connectivity index (χ0v) is 18.5. The lowest BCUT2D eigenvalue weighted by atomic mass is 9.79. The number of β-amino-alcohol motifs (C(OH)–C–C–N with tert-alkyl or cyclic N) is 1. The molecule has 3 unspecified atom stereocenters. The fourth-order valence-corrected chi connectivity index (χ4v) is 5.22. The van der Waals surface area contributed by atoms with Gasteiger partial charge in [-0.15, -0.1) is 0 Å². The zero-order chi connectivity index (χ0) is 22.5. The van der Waals surface area contributed by atoms with Gasteiger partial charge >= 0.3 is 0 Å². The van der Waals surface area contributed by atoms with Crippen LogP contribution in [0.1, 0.15) is 32.2 Å². The summed E-state index contributed by atoms with van der Waals surface area (Å²) in [7, 11) is 0. The molecular formula is C23H25ClN6O2. The summed E-state index contributed by atoms with van der Waals surface area (Å²) < 4.78 is 1.85. The molecule has 3 aromatic rings. The quantitative estimate of drug-likeness (QED) is 0.559. The Bertz CT molecular complexity index is 1230. The lowest BCUT2D eigenvalue weighted by molar-refractivity contribution is -0.110. The molecule has 0 bridgehead atoms. The minimum atomic E-state index is -0.625. The Hall–Kier alpha value is -2.86. The van der Waals surface area contributed by atoms with E-state index in [1.165, 1.54) is 0 Å². The first-order chi connectivity index (χ1) is 15.3. The highest BCUT2D eigenvalue weighted by Crippen LogP contribution is 2.40. The van der Waals surface area contributed by atoms with Crippen molar-refractivity contribution in [3.63, 3.8) is 0 Å². The van der Waals surface area contributed by atoms with Crippen LogP contribution in [0.4, 0.5) is 11.5 Å². The number of H-pyrrole nitrogens is 1. The third-order valence-electron chi connectivity index (χ3n) is 6.61. The number of aromatic amines is 1. The van der Waals surface area contributed by atoms with Gasteiger partial charge in [0.1, 0.15) is 5.39 Å². The molecule has 2 aromatic heterocycles. The summed E-state index contributed by atoms with van der Waals surface area (Å²) in [5.74, 6) is 0.229. The Morgan fingerprint density at radius 2 is 2.03 bits per heavy atom. The number of benzene rings is 1. The summed E-state index contributed by atoms with van der Waals surface area (Å²) in [5.41, 5.74) is 0.631. The molecule has 0 amide bonds. The molecular weight excluding hydrogens is 428 g/mol. The maximum absolute atomic E-state index is 12.7. The number of hydrogen-bond acceptors (Lipinski definition) is 6. The molecule has 2 aliphatic rings. The average molecular weight is 453 g/mol. The number of aromatic nitrogens is 3. The fourth-order valence-electron chi connectivity index (χ4n) is 5.09. The summed E-state index contributed by atoms with van der Waals surface area (Å²) in [5, 5.41) is 29.1. The highest BCUT2D eigenvalue weighted by molar-refractivity contribution is 6.30. The minimum Gasteiger partial charge on any atom is -0.388 e. The maximum atomic E-state index is 12.7. The van der Waals surface area contributed by atoms with Crippen molar-refractivity contribution in [1.29, 1.82) is 5.26 Å². The Balaban J connectivity index is 1.46. The number of hydrogen-bond donors (Lipinski definition) is 3. The van der Waals surface area contributed by atoms with Crippen molar-refractivity contribution in [1.82, 2.24) is 19.7 Å². The van der Waals surface area contributed by atoms with E-state index < -0.39 is 5.60 Å². The second kappa shape index (κ2) is 7.93. The molecule has 8 nitrogen and oxygen atoms in total. The fraction of sp³-hybridized carbons (Fsp3) is 0.435. The van der Waals surface area contributed by atoms with E-state index >= 15 is 0 Å². The number of fused-ring (bicyclic) bond motifs is 1. The second-order valence-electron chi connectivity index (χ2n) is 9.16. The third-order valence-corrected chi connectivity index (χ3v) is 6.86. The number of anilines is 2. The van der Waals surface area contributed by atoms with E-state index in [1.807, 2.05) is 29.8 Å². The normalized spacial score (nSPS) is 25.2. The van der Waals surface area contributed by atoms with Gasteiger partial charge in [0.2, 0.25) is 0 Å². The summed E-state index contributed by atoms with van der Waals surface area (Å²) in [4.78, 5) is 17.7. The largest absolute Gasteiger partial charge is 0.388 e. The van der Waals surface area contributed by atoms with Gasteiger partial charge in [0, 0.05) is 36.0 Å². The summed E-state index contributed by atoms with van der Waals surface area (Å²) in [6.45, 7) is 3.14. The molecule has 1 aliphatic carbocycles. The summed E-state index contributed by atoms with van der Waals surface area (Å²) in [6.07, 6.45) is 4.04. The monoisotopic (exact) mass is 452 g/mol. The molecule has 2 fully saturated rings. The summed E-state index contributed by atoms with van der Waals surface area (Å²) >= 11 is 5.99. The molecule has 3 N–H and O–H groups in total. The standard InChI is InChI=1S/C23H25ClN6O2/c1-23(32)12-29(13-23)17-6-7-18(14(10-17)11-25)30-19-8-9-26-22(31)20(19)21(28-30)27-16-4-2-15(24)3-5-16/h2-5,8-9,14,17-18,32H,6-7,10,12-13H2,1H3,(H,26,31)(H,27,28). The van der Waals surface area contributed by atoms with E-state index in [4.69, 9.17) is 16.7 Å². The third kappa shape index (κ3) is 3.77. The van der Waals surface area contributed by atoms with Crippen LogP contribution in [-0.4, -0.2) is 49.5 Å². The highest BCUT2D eigenvalue weighted by Gasteiger charge is 2.44. The van der Waals surface area contributed by atoms with Crippen LogP contribution in [0.25, 0.3) is 10.9 Å². The van der Waals surface area contributed by atoms with Crippen LogP contribution in [0.5, 0.6) is 0 Å². The number of nitrogens with zero attached hydrogens (tertiary/aromatic N) is 4. The van der Waals surface area contributed by atoms with Gasteiger partial charge in [-0.2, -0.15) is 10.4 Å². The maximum Gasteiger partial charge on any atom is 0.261 e. The Labute approximate surface area is 190 Å². The van der Waals surface area contributed by atoms with Crippen LogP contribution in [0.3, 0.4) is 0 Å². The highest BCUT2D eigenvalue weighted by atomic mass is 35.5. The van der Waals surface area contributed by atoms with Crippen molar-refractivity contribution in [2.24, 2.45) is 5.92 Å². The first-order valence-electron chi connectivity index (χ1n) is 10.8. The number of halogens is 1. The lowest BCUT2D eigenvalue weighted by Gasteiger charge is -2.50. The lowest BCUT2D eigenvalue weighted by Crippen LogP contribution is -2.63. The van der Waals surface area contributed by atoms with Crippen molar-refractivity contribution in [2.45, 2.75) is 43.9 Å². The second-order valence-corrected chi connectivity index (χ2v) is 9.60.